The van der Waals surface area contributed by atoms with Crippen LogP contribution < -0.4 is 5.32 Å². The van der Waals surface area contributed by atoms with Gasteiger partial charge in [0.2, 0.25) is 5.78 Å². The smallest absolute Gasteiger partial charge is 0.412 e. The van der Waals surface area contributed by atoms with E-state index in [1.54, 1.807) is 30.0 Å². The highest BCUT2D eigenvalue weighted by Crippen LogP contribution is 2.30. The number of anilines is 1. The molecule has 33 heavy (non-hydrogen) atoms. The Balaban J connectivity index is 1.44. The predicted octanol–water partition coefficient (Wildman–Crippen LogP) is 4.05. The molecule has 3 aromatic rings. The second-order valence-electron chi connectivity index (χ2n) is 7.66. The number of H-pyrrole nitrogens is 1. The van der Waals surface area contributed by atoms with Gasteiger partial charge < -0.3 is 14.6 Å². The molecule has 2 aromatic heterocycles. The fourth-order valence-electron chi connectivity index (χ4n) is 3.69. The average molecular weight is 450 g/mol. The summed E-state index contributed by atoms with van der Waals surface area (Å²) in [5.74, 6) is -1.23. The minimum atomic E-state index is -0.677. The fraction of sp³-hybridized carbons (Fsp3) is 0.250. The number of aromatic nitrogens is 2. The first-order valence-corrected chi connectivity index (χ1v) is 10.6. The zero-order chi connectivity index (χ0) is 23.4. The third-order valence-electron chi connectivity index (χ3n) is 5.44. The van der Waals surface area contributed by atoms with Crippen LogP contribution in [0.4, 0.5) is 14.9 Å². The maximum Gasteiger partial charge on any atom is 0.412 e. The van der Waals surface area contributed by atoms with E-state index in [4.69, 9.17) is 4.74 Å². The molecule has 1 aromatic carbocycles. The van der Waals surface area contributed by atoms with Crippen molar-refractivity contribution >= 4 is 40.1 Å². The molecule has 2 amide bonds. The van der Waals surface area contributed by atoms with Gasteiger partial charge in [-0.15, -0.1) is 0 Å². The number of benzene rings is 1. The van der Waals surface area contributed by atoms with E-state index in [1.165, 1.54) is 18.3 Å². The number of amides is 2. The second kappa shape index (κ2) is 9.64. The number of ether oxygens (including phenoxy) is 1. The summed E-state index contributed by atoms with van der Waals surface area (Å²) in [5.41, 5.74) is 3.60. The van der Waals surface area contributed by atoms with Gasteiger partial charge in [-0.3, -0.25) is 14.9 Å². The van der Waals surface area contributed by atoms with E-state index >= 15 is 0 Å². The first kappa shape index (κ1) is 22.2. The van der Waals surface area contributed by atoms with E-state index in [0.717, 1.165) is 16.5 Å². The fourth-order valence-corrected chi connectivity index (χ4v) is 3.69. The normalized spacial score (nSPS) is 13.5. The molecule has 0 unspecified atom stereocenters. The molecule has 0 radical (unpaired) electrons. The number of hydrogen-bond donors (Lipinski definition) is 2. The van der Waals surface area contributed by atoms with Crippen molar-refractivity contribution in [2.75, 3.05) is 18.4 Å². The van der Waals surface area contributed by atoms with Gasteiger partial charge in [-0.05, 0) is 35.8 Å². The van der Waals surface area contributed by atoms with Crippen LogP contribution in [0.2, 0.25) is 0 Å². The Morgan fingerprint density at radius 3 is 2.85 bits per heavy atom. The van der Waals surface area contributed by atoms with E-state index < -0.39 is 17.8 Å². The minimum Gasteiger partial charge on any atom is -0.444 e. The maximum absolute atomic E-state index is 13.3. The van der Waals surface area contributed by atoms with Gasteiger partial charge in [0.25, 0.3) is 5.91 Å². The van der Waals surface area contributed by atoms with E-state index in [0.29, 0.717) is 36.4 Å². The van der Waals surface area contributed by atoms with Crippen LogP contribution in [0.15, 0.2) is 48.8 Å². The molecule has 0 atom stereocenters. The number of Topliss-reactive ketones (excluding diaryl/α,β-unsaturated/α-hetero) is 1. The molecule has 0 fully saturated rings. The number of nitrogens with zero attached hydrogens (tertiary/aromatic N) is 2. The van der Waals surface area contributed by atoms with Gasteiger partial charge in [0.1, 0.15) is 18.1 Å². The molecule has 1 aliphatic rings. The van der Waals surface area contributed by atoms with Crippen molar-refractivity contribution in [2.45, 2.75) is 26.4 Å². The monoisotopic (exact) mass is 450 g/mol. The SMILES string of the molecule is CCC(=O)C(=O)N1CC=C(c2c[nH]c3ncc(NC(=O)OCc4cccc(F)c4)cc23)CC1. The molecule has 0 bridgehead atoms. The molecule has 170 valence electrons. The van der Waals surface area contributed by atoms with Crippen molar-refractivity contribution in [1.29, 1.82) is 0 Å². The van der Waals surface area contributed by atoms with E-state index in [1.807, 2.05) is 12.3 Å². The number of fused-ring (bicyclic) bond motifs is 1. The Bertz CT molecular complexity index is 1250. The van der Waals surface area contributed by atoms with Gasteiger partial charge >= 0.3 is 6.09 Å². The lowest BCUT2D eigenvalue weighted by Gasteiger charge is -2.25. The van der Waals surface area contributed by atoms with Crippen molar-refractivity contribution in [3.05, 3.63) is 65.7 Å². The number of carbonyl (C=O) groups is 3. The molecule has 2 N–H and O–H groups in total. The number of rotatable bonds is 6. The van der Waals surface area contributed by atoms with Crippen LogP contribution in [-0.2, 0) is 20.9 Å². The average Bonchev–Trinajstić information content (AvgIpc) is 3.25. The molecule has 0 spiro atoms. The number of pyridine rings is 1. The zero-order valence-electron chi connectivity index (χ0n) is 18.1. The largest absolute Gasteiger partial charge is 0.444 e. The quantitative estimate of drug-likeness (QED) is 0.552. The van der Waals surface area contributed by atoms with Crippen molar-refractivity contribution in [3.8, 4) is 0 Å². The van der Waals surface area contributed by atoms with Crippen LogP contribution in [-0.4, -0.2) is 45.7 Å². The third kappa shape index (κ3) is 5.08. The highest BCUT2D eigenvalue weighted by atomic mass is 19.1. The number of aromatic amines is 1. The second-order valence-corrected chi connectivity index (χ2v) is 7.66. The highest BCUT2D eigenvalue weighted by Gasteiger charge is 2.23. The third-order valence-corrected chi connectivity index (χ3v) is 5.44. The Kier molecular flexibility index (Phi) is 6.48. The zero-order valence-corrected chi connectivity index (χ0v) is 18.1. The van der Waals surface area contributed by atoms with Crippen molar-refractivity contribution in [2.24, 2.45) is 0 Å². The summed E-state index contributed by atoms with van der Waals surface area (Å²) >= 11 is 0. The Hall–Kier alpha value is -4.01. The van der Waals surface area contributed by atoms with Crippen LogP contribution in [0, 0.1) is 5.82 Å². The summed E-state index contributed by atoms with van der Waals surface area (Å²) in [5, 5.41) is 3.45. The lowest BCUT2D eigenvalue weighted by molar-refractivity contribution is -0.144. The van der Waals surface area contributed by atoms with Gasteiger partial charge in [0.05, 0.1) is 11.9 Å². The van der Waals surface area contributed by atoms with Crippen molar-refractivity contribution < 1.29 is 23.5 Å². The molecule has 8 nitrogen and oxygen atoms in total. The molecule has 0 saturated heterocycles. The Morgan fingerprint density at radius 1 is 1.27 bits per heavy atom. The summed E-state index contributed by atoms with van der Waals surface area (Å²) in [6.07, 6.45) is 5.40. The van der Waals surface area contributed by atoms with E-state index in [9.17, 15) is 18.8 Å². The van der Waals surface area contributed by atoms with Gasteiger partial charge in [0.15, 0.2) is 0 Å². The standard InChI is InChI=1S/C24H23FN4O4/c1-2-21(30)23(31)29-8-6-16(7-9-29)20-13-27-22-19(20)11-18(12-26-22)28-24(32)33-14-15-4-3-5-17(25)10-15/h3-6,10-13H,2,7-9,14H2,1H3,(H,26,27)(H,28,32). The van der Waals surface area contributed by atoms with Crippen LogP contribution >= 0.6 is 0 Å². The van der Waals surface area contributed by atoms with Crippen LogP contribution in [0.5, 0.6) is 0 Å². The molecule has 0 aliphatic carbocycles. The molecule has 4 rings (SSSR count). The molecular weight excluding hydrogens is 427 g/mol. The number of hydrogen-bond acceptors (Lipinski definition) is 5. The number of carbonyl (C=O) groups excluding carboxylic acids is 3. The first-order chi connectivity index (χ1) is 15.9. The Labute approximate surface area is 189 Å². The molecule has 9 heteroatoms. The number of ketones is 1. The summed E-state index contributed by atoms with van der Waals surface area (Å²) < 4.78 is 18.4. The van der Waals surface area contributed by atoms with Gasteiger partial charge in [0, 0.05) is 36.7 Å². The highest BCUT2D eigenvalue weighted by molar-refractivity contribution is 6.36. The van der Waals surface area contributed by atoms with Gasteiger partial charge in [-0.1, -0.05) is 25.1 Å². The van der Waals surface area contributed by atoms with Crippen LogP contribution in [0.1, 0.15) is 30.9 Å². The minimum absolute atomic E-state index is 0.0582. The summed E-state index contributed by atoms with van der Waals surface area (Å²) in [7, 11) is 0. The number of nitrogens with one attached hydrogen (secondary N) is 2. The van der Waals surface area contributed by atoms with Crippen LogP contribution in [0.3, 0.4) is 0 Å². The van der Waals surface area contributed by atoms with Crippen molar-refractivity contribution in [1.82, 2.24) is 14.9 Å². The summed E-state index contributed by atoms with van der Waals surface area (Å²) in [6.45, 7) is 2.44. The molecular formula is C24H23FN4O4. The lowest BCUT2D eigenvalue weighted by atomic mass is 9.99. The molecule has 0 saturated carbocycles. The summed E-state index contributed by atoms with van der Waals surface area (Å²) in [4.78, 5) is 45.0. The molecule has 3 heterocycles. The van der Waals surface area contributed by atoms with Gasteiger partial charge in [-0.2, -0.15) is 0 Å². The Morgan fingerprint density at radius 2 is 2.12 bits per heavy atom. The molecule has 1 aliphatic heterocycles. The van der Waals surface area contributed by atoms with Gasteiger partial charge in [-0.25, -0.2) is 14.2 Å². The topological polar surface area (TPSA) is 104 Å². The van der Waals surface area contributed by atoms with E-state index in [2.05, 4.69) is 15.3 Å². The first-order valence-electron chi connectivity index (χ1n) is 10.6. The number of halogens is 1. The predicted molar refractivity (Wildman–Crippen MR) is 121 cm³/mol. The lowest BCUT2D eigenvalue weighted by Crippen LogP contribution is -2.39. The maximum atomic E-state index is 13.3. The van der Waals surface area contributed by atoms with E-state index in [-0.39, 0.29) is 18.8 Å². The summed E-state index contributed by atoms with van der Waals surface area (Å²) in [6, 6.07) is 7.63. The van der Waals surface area contributed by atoms with Crippen molar-refractivity contribution in [3.63, 3.8) is 0 Å². The van der Waals surface area contributed by atoms with Crippen LogP contribution in [0.25, 0.3) is 16.6 Å².